The summed E-state index contributed by atoms with van der Waals surface area (Å²) < 4.78 is 4.74. The minimum Gasteiger partial charge on any atom is -0.449 e. The molecule has 88 valence electrons. The maximum Gasteiger partial charge on any atom is 0.511 e. The van der Waals surface area contributed by atoms with E-state index < -0.39 is 6.16 Å². The molecular weight excluding hydrogens is 204 g/mol. The molecule has 1 rings (SSSR count). The molecule has 0 aliphatic carbocycles. The highest BCUT2D eigenvalue weighted by Crippen LogP contribution is 2.33. The van der Waals surface area contributed by atoms with Gasteiger partial charge < -0.3 is 9.84 Å². The molecule has 0 fully saturated rings. The lowest BCUT2D eigenvalue weighted by atomic mass is 9.80. The Hall–Kier alpha value is -1.51. The van der Waals surface area contributed by atoms with Gasteiger partial charge in [0.05, 0.1) is 0 Å². The Labute approximate surface area is 96.1 Å². The fourth-order valence-electron chi connectivity index (χ4n) is 1.74. The molecule has 1 aromatic carbocycles. The van der Waals surface area contributed by atoms with Gasteiger partial charge in [0.1, 0.15) is 5.75 Å². The highest BCUT2D eigenvalue weighted by atomic mass is 16.7. The molecule has 16 heavy (non-hydrogen) atoms. The zero-order valence-corrected chi connectivity index (χ0v) is 10.2. The lowest BCUT2D eigenvalue weighted by Gasteiger charge is -2.26. The van der Waals surface area contributed by atoms with Crippen molar-refractivity contribution in [1.29, 1.82) is 0 Å². The van der Waals surface area contributed by atoms with Gasteiger partial charge >= 0.3 is 6.16 Å². The largest absolute Gasteiger partial charge is 0.511 e. The van der Waals surface area contributed by atoms with Crippen molar-refractivity contribution in [3.05, 3.63) is 29.3 Å². The summed E-state index contributed by atoms with van der Waals surface area (Å²) >= 11 is 0. The zero-order valence-electron chi connectivity index (χ0n) is 10.2. The second kappa shape index (κ2) is 4.56. The SMILES string of the molecule is CCC(C)(C)c1cccc(OC(=O)O)c1C. The molecule has 0 aromatic heterocycles. The van der Waals surface area contributed by atoms with E-state index in [2.05, 4.69) is 20.8 Å². The van der Waals surface area contributed by atoms with Crippen LogP contribution in [0.4, 0.5) is 4.79 Å². The summed E-state index contributed by atoms with van der Waals surface area (Å²) in [5.74, 6) is 0.423. The Bertz CT molecular complexity index is 394. The highest BCUT2D eigenvalue weighted by Gasteiger charge is 2.22. The molecule has 3 heteroatoms. The van der Waals surface area contributed by atoms with E-state index in [4.69, 9.17) is 9.84 Å². The molecule has 0 spiro atoms. The Kier molecular flexibility index (Phi) is 3.58. The van der Waals surface area contributed by atoms with Gasteiger partial charge in [-0.05, 0) is 36.0 Å². The van der Waals surface area contributed by atoms with Crippen molar-refractivity contribution in [3.63, 3.8) is 0 Å². The monoisotopic (exact) mass is 222 g/mol. The predicted molar refractivity (Wildman–Crippen MR) is 63.1 cm³/mol. The quantitative estimate of drug-likeness (QED) is 0.626. The Morgan fingerprint density at radius 1 is 1.44 bits per heavy atom. The van der Waals surface area contributed by atoms with Crippen LogP contribution in [0.1, 0.15) is 38.3 Å². The van der Waals surface area contributed by atoms with Crippen molar-refractivity contribution >= 4 is 6.16 Å². The number of carbonyl (C=O) groups is 1. The van der Waals surface area contributed by atoms with E-state index in [0.717, 1.165) is 17.5 Å². The van der Waals surface area contributed by atoms with E-state index in [9.17, 15) is 4.79 Å². The maximum absolute atomic E-state index is 10.5. The van der Waals surface area contributed by atoms with Crippen LogP contribution < -0.4 is 4.74 Å². The molecule has 0 aliphatic heterocycles. The summed E-state index contributed by atoms with van der Waals surface area (Å²) in [7, 11) is 0. The molecule has 0 heterocycles. The molecule has 0 bridgehead atoms. The lowest BCUT2D eigenvalue weighted by Crippen LogP contribution is -2.18. The minimum absolute atomic E-state index is 0.0297. The summed E-state index contributed by atoms with van der Waals surface area (Å²) in [5, 5.41) is 8.62. The first-order valence-corrected chi connectivity index (χ1v) is 5.39. The first-order chi connectivity index (χ1) is 7.38. The minimum atomic E-state index is -1.27. The first-order valence-electron chi connectivity index (χ1n) is 5.39. The third kappa shape index (κ3) is 2.54. The third-order valence-corrected chi connectivity index (χ3v) is 3.09. The van der Waals surface area contributed by atoms with Crippen LogP contribution >= 0.6 is 0 Å². The van der Waals surface area contributed by atoms with Crippen LogP contribution in [0.25, 0.3) is 0 Å². The van der Waals surface area contributed by atoms with E-state index in [0.29, 0.717) is 5.75 Å². The number of carboxylic acid groups (broad SMARTS) is 1. The second-order valence-corrected chi connectivity index (χ2v) is 4.53. The smallest absolute Gasteiger partial charge is 0.449 e. The van der Waals surface area contributed by atoms with Gasteiger partial charge in [0, 0.05) is 0 Å². The summed E-state index contributed by atoms with van der Waals surface area (Å²) in [6.45, 7) is 8.29. The number of benzene rings is 1. The number of ether oxygens (including phenoxy) is 1. The molecular formula is C13H18O3. The average Bonchev–Trinajstić information content (AvgIpc) is 2.20. The van der Waals surface area contributed by atoms with E-state index in [1.165, 1.54) is 0 Å². The van der Waals surface area contributed by atoms with Gasteiger partial charge in [0.2, 0.25) is 0 Å². The molecule has 0 aliphatic rings. The Balaban J connectivity index is 3.18. The predicted octanol–water partition coefficient (Wildman–Crippen LogP) is 3.74. The highest BCUT2D eigenvalue weighted by molar-refractivity contribution is 5.62. The fraction of sp³-hybridized carbons (Fsp3) is 0.462. The molecule has 1 N–H and O–H groups in total. The van der Waals surface area contributed by atoms with Crippen molar-refractivity contribution in [2.75, 3.05) is 0 Å². The standard InChI is InChI=1S/C13H18O3/c1-5-13(3,4)10-7-6-8-11(9(10)2)16-12(14)15/h6-8H,5H2,1-4H3,(H,14,15). The van der Waals surface area contributed by atoms with Crippen molar-refractivity contribution in [2.45, 2.75) is 39.5 Å². The molecule has 0 radical (unpaired) electrons. The van der Waals surface area contributed by atoms with Crippen LogP contribution in [-0.4, -0.2) is 11.3 Å². The molecule has 0 saturated carbocycles. The van der Waals surface area contributed by atoms with E-state index in [1.54, 1.807) is 6.07 Å². The Morgan fingerprint density at radius 2 is 2.06 bits per heavy atom. The van der Waals surface area contributed by atoms with Crippen LogP contribution in [0, 0.1) is 6.92 Å². The molecule has 0 unspecified atom stereocenters. The number of hydrogen-bond acceptors (Lipinski definition) is 2. The molecule has 0 amide bonds. The summed E-state index contributed by atoms with van der Waals surface area (Å²) in [4.78, 5) is 10.5. The van der Waals surface area contributed by atoms with Crippen LogP contribution in [0.3, 0.4) is 0 Å². The van der Waals surface area contributed by atoms with Gasteiger partial charge in [0.15, 0.2) is 0 Å². The molecule has 3 nitrogen and oxygen atoms in total. The van der Waals surface area contributed by atoms with Crippen molar-refractivity contribution < 1.29 is 14.6 Å². The van der Waals surface area contributed by atoms with E-state index in [-0.39, 0.29) is 5.41 Å². The third-order valence-electron chi connectivity index (χ3n) is 3.09. The summed E-state index contributed by atoms with van der Waals surface area (Å²) in [5.41, 5.74) is 2.06. The summed E-state index contributed by atoms with van der Waals surface area (Å²) in [6.07, 6.45) is -0.278. The maximum atomic E-state index is 10.5. The van der Waals surface area contributed by atoms with Crippen molar-refractivity contribution in [1.82, 2.24) is 0 Å². The first kappa shape index (κ1) is 12.6. The number of rotatable bonds is 3. The molecule has 0 saturated heterocycles. The van der Waals surface area contributed by atoms with Gasteiger partial charge in [-0.3, -0.25) is 0 Å². The van der Waals surface area contributed by atoms with Gasteiger partial charge in [0.25, 0.3) is 0 Å². The van der Waals surface area contributed by atoms with Gasteiger partial charge in [-0.2, -0.15) is 0 Å². The van der Waals surface area contributed by atoms with Gasteiger partial charge in [-0.15, -0.1) is 0 Å². The summed E-state index contributed by atoms with van der Waals surface area (Å²) in [6, 6.07) is 5.53. The van der Waals surface area contributed by atoms with Crippen molar-refractivity contribution in [3.8, 4) is 5.75 Å². The van der Waals surface area contributed by atoms with Crippen LogP contribution in [-0.2, 0) is 5.41 Å². The fourth-order valence-corrected chi connectivity index (χ4v) is 1.74. The van der Waals surface area contributed by atoms with Crippen LogP contribution in [0.5, 0.6) is 5.75 Å². The lowest BCUT2D eigenvalue weighted by molar-refractivity contribution is 0.144. The van der Waals surface area contributed by atoms with E-state index >= 15 is 0 Å². The normalized spacial score (nSPS) is 11.2. The second-order valence-electron chi connectivity index (χ2n) is 4.53. The van der Waals surface area contributed by atoms with Crippen molar-refractivity contribution in [2.24, 2.45) is 0 Å². The number of hydrogen-bond donors (Lipinski definition) is 1. The van der Waals surface area contributed by atoms with E-state index in [1.807, 2.05) is 19.1 Å². The average molecular weight is 222 g/mol. The molecule has 0 atom stereocenters. The van der Waals surface area contributed by atoms with Crippen LogP contribution in [0.2, 0.25) is 0 Å². The molecule has 1 aromatic rings. The van der Waals surface area contributed by atoms with Gasteiger partial charge in [-0.25, -0.2) is 4.79 Å². The Morgan fingerprint density at radius 3 is 2.56 bits per heavy atom. The topological polar surface area (TPSA) is 46.5 Å². The zero-order chi connectivity index (χ0) is 12.3. The van der Waals surface area contributed by atoms with Crippen LogP contribution in [0.15, 0.2) is 18.2 Å². The van der Waals surface area contributed by atoms with Gasteiger partial charge in [-0.1, -0.05) is 32.9 Å².